The number of aliphatic hydroxyl groups is 4. The number of aromatic nitrogens is 1. The minimum absolute atomic E-state index is 0.0835. The van der Waals surface area contributed by atoms with Gasteiger partial charge in [-0.15, -0.1) is 0 Å². The molecule has 0 radical (unpaired) electrons. The molecule has 0 unspecified atom stereocenters. The summed E-state index contributed by atoms with van der Waals surface area (Å²) in [5, 5.41) is 42.4. The molecule has 0 spiro atoms. The van der Waals surface area contributed by atoms with E-state index >= 15 is 0 Å². The van der Waals surface area contributed by atoms with Crippen molar-refractivity contribution in [2.45, 2.75) is 69.5 Å². The van der Waals surface area contributed by atoms with Crippen LogP contribution in [0.5, 0.6) is 0 Å². The summed E-state index contributed by atoms with van der Waals surface area (Å²) in [6, 6.07) is 6.32. The number of rotatable bonds is 6. The number of H-pyrrole nitrogens is 1. The van der Waals surface area contributed by atoms with Gasteiger partial charge in [0.15, 0.2) is 6.29 Å². The van der Waals surface area contributed by atoms with Crippen LogP contribution in [0.25, 0.3) is 10.9 Å². The Hall–Kier alpha value is -2.70. The van der Waals surface area contributed by atoms with Crippen LogP contribution in [0.1, 0.15) is 26.3 Å². The lowest BCUT2D eigenvalue weighted by Gasteiger charge is -2.38. The predicted molar refractivity (Wildman–Crippen MR) is 115 cm³/mol. The van der Waals surface area contributed by atoms with Crippen LogP contribution < -0.4 is 5.32 Å². The molecule has 182 valence electrons. The van der Waals surface area contributed by atoms with E-state index in [0.717, 1.165) is 16.5 Å². The molecule has 33 heavy (non-hydrogen) atoms. The summed E-state index contributed by atoms with van der Waals surface area (Å²) in [4.78, 5) is 28.3. The summed E-state index contributed by atoms with van der Waals surface area (Å²) in [5.74, 6) is -0.836. The lowest BCUT2D eigenvalue weighted by Crippen LogP contribution is -2.59. The maximum absolute atomic E-state index is 12.9. The van der Waals surface area contributed by atoms with Crippen LogP contribution >= 0.6 is 0 Å². The van der Waals surface area contributed by atoms with Crippen LogP contribution in [0.4, 0.5) is 4.79 Å². The highest BCUT2D eigenvalue weighted by molar-refractivity contribution is 5.86. The third kappa shape index (κ3) is 6.21. The fraction of sp³-hybridized carbons (Fsp3) is 0.545. The van der Waals surface area contributed by atoms with Gasteiger partial charge in [0, 0.05) is 23.5 Å². The molecule has 6 N–H and O–H groups in total. The number of carbonyl (C=O) groups excluding carboxylic acids is 2. The predicted octanol–water partition coefficient (Wildman–Crippen LogP) is -0.0532. The highest BCUT2D eigenvalue weighted by Crippen LogP contribution is 2.22. The Bertz CT molecular complexity index is 970. The SMILES string of the molecule is CC(C)(C)OC(=O)N[C@H](Cc1c[nH]c2ccccc12)C(=O)OC[C@H]1O[C@H](O)[C@@H](O)[C@H](O)[C@H]1O. The van der Waals surface area contributed by atoms with E-state index in [1.807, 2.05) is 24.3 Å². The van der Waals surface area contributed by atoms with Gasteiger partial charge in [-0.3, -0.25) is 0 Å². The van der Waals surface area contributed by atoms with Gasteiger partial charge in [0.2, 0.25) is 0 Å². The van der Waals surface area contributed by atoms with Gasteiger partial charge >= 0.3 is 12.1 Å². The van der Waals surface area contributed by atoms with Crippen molar-refractivity contribution in [3.8, 4) is 0 Å². The van der Waals surface area contributed by atoms with Crippen LogP contribution in [0.3, 0.4) is 0 Å². The monoisotopic (exact) mass is 466 g/mol. The molecule has 1 amide bonds. The van der Waals surface area contributed by atoms with E-state index in [2.05, 4.69) is 10.3 Å². The van der Waals surface area contributed by atoms with Gasteiger partial charge in [0.1, 0.15) is 42.7 Å². The van der Waals surface area contributed by atoms with Gasteiger partial charge < -0.3 is 44.9 Å². The Kier molecular flexibility index (Phi) is 7.60. The van der Waals surface area contributed by atoms with Gasteiger partial charge in [-0.2, -0.15) is 0 Å². The third-order valence-corrected chi connectivity index (χ3v) is 5.15. The van der Waals surface area contributed by atoms with Crippen molar-refractivity contribution in [3.05, 3.63) is 36.0 Å². The Labute approximate surface area is 190 Å². The third-order valence-electron chi connectivity index (χ3n) is 5.15. The van der Waals surface area contributed by atoms with Crippen molar-refractivity contribution in [2.24, 2.45) is 0 Å². The van der Waals surface area contributed by atoms with Gasteiger partial charge in [0.05, 0.1) is 0 Å². The quantitative estimate of drug-likeness (QED) is 0.319. The molecule has 3 rings (SSSR count). The lowest BCUT2D eigenvalue weighted by atomic mass is 9.99. The average molecular weight is 466 g/mol. The van der Waals surface area contributed by atoms with Crippen LogP contribution in [0.2, 0.25) is 0 Å². The lowest BCUT2D eigenvalue weighted by molar-refractivity contribution is -0.287. The first-order valence-corrected chi connectivity index (χ1v) is 10.5. The van der Waals surface area contributed by atoms with E-state index in [0.29, 0.717) is 0 Å². The maximum atomic E-state index is 12.9. The zero-order valence-corrected chi connectivity index (χ0v) is 18.6. The van der Waals surface area contributed by atoms with Gasteiger partial charge in [-0.1, -0.05) is 18.2 Å². The number of nitrogens with one attached hydrogen (secondary N) is 2. The standard InChI is InChI=1S/C22H30N2O9/c1-22(2,3)33-21(30)24-14(8-11-9-23-13-7-5-4-6-12(11)13)19(28)31-10-15-16(25)17(26)18(27)20(29)32-15/h4-7,9,14-18,20,23,25-27,29H,8,10H2,1-3H3,(H,24,30)/t14-,15-,16+,17-,18+,20+/m1/s1. The van der Waals surface area contributed by atoms with Crippen molar-refractivity contribution in [2.75, 3.05) is 6.61 Å². The molecule has 1 aliphatic heterocycles. The number of benzene rings is 1. The molecular weight excluding hydrogens is 436 g/mol. The number of fused-ring (bicyclic) bond motifs is 1. The second-order valence-electron chi connectivity index (χ2n) is 8.93. The minimum atomic E-state index is -1.76. The molecule has 11 nitrogen and oxygen atoms in total. The highest BCUT2D eigenvalue weighted by atomic mass is 16.7. The summed E-state index contributed by atoms with van der Waals surface area (Å²) >= 11 is 0. The Balaban J connectivity index is 1.72. The van der Waals surface area contributed by atoms with E-state index in [1.54, 1.807) is 27.0 Å². The summed E-state index contributed by atoms with van der Waals surface area (Å²) < 4.78 is 15.5. The van der Waals surface area contributed by atoms with E-state index in [-0.39, 0.29) is 6.42 Å². The number of carbonyl (C=O) groups is 2. The smallest absolute Gasteiger partial charge is 0.408 e. The van der Waals surface area contributed by atoms with Crippen LogP contribution in [-0.4, -0.2) is 86.4 Å². The van der Waals surface area contributed by atoms with E-state index in [4.69, 9.17) is 14.2 Å². The van der Waals surface area contributed by atoms with Crippen LogP contribution in [0.15, 0.2) is 30.5 Å². The molecule has 2 heterocycles. The fourth-order valence-corrected chi connectivity index (χ4v) is 3.50. The highest BCUT2D eigenvalue weighted by Gasteiger charge is 2.43. The number of para-hydroxylation sites is 1. The zero-order chi connectivity index (χ0) is 24.3. The molecule has 0 saturated carbocycles. The molecule has 1 aliphatic rings. The maximum Gasteiger partial charge on any atom is 0.408 e. The first-order chi connectivity index (χ1) is 15.5. The second-order valence-corrected chi connectivity index (χ2v) is 8.93. The van der Waals surface area contributed by atoms with Gasteiger partial charge in [-0.25, -0.2) is 9.59 Å². The normalized spacial score (nSPS) is 26.6. The van der Waals surface area contributed by atoms with Crippen LogP contribution in [0, 0.1) is 0 Å². The largest absolute Gasteiger partial charge is 0.461 e. The van der Waals surface area contributed by atoms with Crippen molar-refractivity contribution in [1.29, 1.82) is 0 Å². The topological polar surface area (TPSA) is 171 Å². The summed E-state index contributed by atoms with van der Waals surface area (Å²) in [6.45, 7) is 4.53. The molecule has 1 aromatic heterocycles. The van der Waals surface area contributed by atoms with Crippen molar-refractivity contribution in [1.82, 2.24) is 10.3 Å². The summed E-state index contributed by atoms with van der Waals surface area (Å²) in [5.41, 5.74) is 0.829. The van der Waals surface area contributed by atoms with Crippen molar-refractivity contribution in [3.63, 3.8) is 0 Å². The Morgan fingerprint density at radius 2 is 1.82 bits per heavy atom. The molecule has 6 atom stereocenters. The number of hydrogen-bond acceptors (Lipinski definition) is 9. The number of aromatic amines is 1. The number of ether oxygens (including phenoxy) is 3. The molecule has 2 aromatic rings. The number of aliphatic hydroxyl groups excluding tert-OH is 4. The Morgan fingerprint density at radius 1 is 1.12 bits per heavy atom. The molecule has 1 saturated heterocycles. The van der Waals surface area contributed by atoms with Crippen molar-refractivity contribution < 1.29 is 44.2 Å². The number of esters is 1. The van der Waals surface area contributed by atoms with Crippen LogP contribution in [-0.2, 0) is 25.4 Å². The van der Waals surface area contributed by atoms with E-state index in [1.165, 1.54) is 0 Å². The molecule has 11 heteroatoms. The second kappa shape index (κ2) is 10.1. The summed E-state index contributed by atoms with van der Waals surface area (Å²) in [6.07, 6.45) is -7.01. The first kappa shape index (κ1) is 24.9. The molecule has 0 aliphatic carbocycles. The number of amides is 1. The van der Waals surface area contributed by atoms with E-state index in [9.17, 15) is 30.0 Å². The zero-order valence-electron chi connectivity index (χ0n) is 18.6. The fourth-order valence-electron chi connectivity index (χ4n) is 3.50. The van der Waals surface area contributed by atoms with E-state index < -0.39 is 61.0 Å². The molecule has 1 fully saturated rings. The van der Waals surface area contributed by atoms with Crippen molar-refractivity contribution >= 4 is 23.0 Å². The molecule has 1 aromatic carbocycles. The van der Waals surface area contributed by atoms with Gasteiger partial charge in [-0.05, 0) is 32.4 Å². The average Bonchev–Trinajstić information content (AvgIpc) is 3.14. The minimum Gasteiger partial charge on any atom is -0.461 e. The first-order valence-electron chi connectivity index (χ1n) is 10.5. The Morgan fingerprint density at radius 3 is 2.52 bits per heavy atom. The number of hydrogen-bond donors (Lipinski definition) is 6. The van der Waals surface area contributed by atoms with Gasteiger partial charge in [0.25, 0.3) is 0 Å². The number of alkyl carbamates (subject to hydrolysis) is 1. The molecular formula is C22H30N2O9. The molecule has 0 bridgehead atoms. The summed E-state index contributed by atoms with van der Waals surface area (Å²) in [7, 11) is 0.